The number of ether oxygens (including phenoxy) is 1. The first-order chi connectivity index (χ1) is 16.3. The third-order valence-corrected chi connectivity index (χ3v) is 7.76. The van der Waals surface area contributed by atoms with E-state index in [0.29, 0.717) is 44.8 Å². The summed E-state index contributed by atoms with van der Waals surface area (Å²) in [6.45, 7) is 3.39. The summed E-state index contributed by atoms with van der Waals surface area (Å²) in [5.74, 6) is 1.73. The van der Waals surface area contributed by atoms with Gasteiger partial charge in [-0.3, -0.25) is 9.69 Å². The second-order valence-electron chi connectivity index (χ2n) is 8.99. The molecule has 5 rings (SSSR count). The summed E-state index contributed by atoms with van der Waals surface area (Å²) in [5, 5.41) is 0. The van der Waals surface area contributed by atoms with Gasteiger partial charge in [0.05, 0.1) is 25.6 Å². The highest BCUT2D eigenvalue weighted by atomic mass is 32.2. The Labute approximate surface area is 198 Å². The van der Waals surface area contributed by atoms with Gasteiger partial charge in [-0.2, -0.15) is 0 Å². The first-order valence-electron chi connectivity index (χ1n) is 11.3. The average molecular weight is 486 g/mol. The van der Waals surface area contributed by atoms with Crippen molar-refractivity contribution < 1.29 is 22.0 Å². The van der Waals surface area contributed by atoms with Crippen molar-refractivity contribution in [2.45, 2.75) is 32.5 Å². The van der Waals surface area contributed by atoms with Gasteiger partial charge in [-0.05, 0) is 36.0 Å². The molecule has 180 valence electrons. The molecule has 2 aromatic heterocycles. The predicted octanol–water partition coefficient (Wildman–Crippen LogP) is 2.86. The van der Waals surface area contributed by atoms with Gasteiger partial charge >= 0.3 is 0 Å². The topological polar surface area (TPSA) is 106 Å². The molecule has 0 bridgehead atoms. The van der Waals surface area contributed by atoms with Crippen molar-refractivity contribution in [2.75, 3.05) is 26.0 Å². The number of aromatic nitrogens is 1. The van der Waals surface area contributed by atoms with Crippen LogP contribution < -0.4 is 10.2 Å². The Morgan fingerprint density at radius 3 is 2.62 bits per heavy atom. The second kappa shape index (κ2) is 9.36. The van der Waals surface area contributed by atoms with E-state index < -0.39 is 10.0 Å². The second-order valence-corrected chi connectivity index (χ2v) is 11.0. The van der Waals surface area contributed by atoms with Crippen molar-refractivity contribution in [2.24, 2.45) is 5.92 Å². The van der Waals surface area contributed by atoms with Crippen molar-refractivity contribution in [1.82, 2.24) is 14.2 Å². The highest BCUT2D eigenvalue weighted by molar-refractivity contribution is 7.88. The number of piperidine rings is 1. The highest BCUT2D eigenvalue weighted by Crippen LogP contribution is 2.29. The molecule has 0 amide bonds. The first-order valence-corrected chi connectivity index (χ1v) is 13.1. The normalized spacial score (nSPS) is 17.7. The van der Waals surface area contributed by atoms with Crippen LogP contribution in [0.3, 0.4) is 0 Å². The van der Waals surface area contributed by atoms with Gasteiger partial charge in [-0.25, -0.2) is 17.7 Å². The first kappa shape index (κ1) is 22.8. The van der Waals surface area contributed by atoms with Crippen LogP contribution in [-0.2, 0) is 29.7 Å². The molecule has 3 aromatic rings. The molecule has 9 nitrogen and oxygen atoms in total. The van der Waals surface area contributed by atoms with E-state index in [1.54, 1.807) is 6.20 Å². The Balaban J connectivity index is 1.15. The van der Waals surface area contributed by atoms with Crippen LogP contribution in [0.4, 0.5) is 0 Å². The third-order valence-electron chi connectivity index (χ3n) is 6.46. The summed E-state index contributed by atoms with van der Waals surface area (Å²) in [6.07, 6.45) is 7.16. The molecule has 0 radical (unpaired) electrons. The fourth-order valence-electron chi connectivity index (χ4n) is 4.55. The summed E-state index contributed by atoms with van der Waals surface area (Å²) >= 11 is 0. The van der Waals surface area contributed by atoms with Gasteiger partial charge in [0.15, 0.2) is 12.2 Å². The maximum absolute atomic E-state index is 12.6. The number of benzene rings is 1. The Bertz CT molecular complexity index is 1310. The van der Waals surface area contributed by atoms with Crippen LogP contribution in [0.15, 0.2) is 56.7 Å². The molecule has 1 fully saturated rings. The minimum atomic E-state index is -3.15. The van der Waals surface area contributed by atoms with E-state index in [2.05, 4.69) is 22.0 Å². The monoisotopic (exact) mass is 485 g/mol. The third kappa shape index (κ3) is 5.08. The molecule has 0 atom stereocenters. The van der Waals surface area contributed by atoms with E-state index in [4.69, 9.17) is 13.6 Å². The summed E-state index contributed by atoms with van der Waals surface area (Å²) in [4.78, 5) is 18.7. The Morgan fingerprint density at radius 2 is 1.91 bits per heavy atom. The number of nitrogens with zero attached hydrogens (tertiary/aromatic N) is 3. The largest absolute Gasteiger partial charge is 0.486 e. The number of hydrogen-bond donors (Lipinski definition) is 0. The van der Waals surface area contributed by atoms with Crippen LogP contribution in [0.5, 0.6) is 5.75 Å². The molecule has 0 N–H and O–H groups in total. The minimum Gasteiger partial charge on any atom is -0.486 e. The average Bonchev–Trinajstić information content (AvgIpc) is 3.47. The van der Waals surface area contributed by atoms with Gasteiger partial charge in [0.2, 0.25) is 21.2 Å². The molecule has 0 unspecified atom stereocenters. The molecular weight excluding hydrogens is 458 g/mol. The molecule has 2 aliphatic rings. The van der Waals surface area contributed by atoms with Gasteiger partial charge in [-0.15, -0.1) is 0 Å². The van der Waals surface area contributed by atoms with E-state index in [-0.39, 0.29) is 17.1 Å². The number of hydrogen-bond acceptors (Lipinski definition) is 8. The van der Waals surface area contributed by atoms with Gasteiger partial charge in [0.25, 0.3) is 0 Å². The smallest absolute Gasteiger partial charge is 0.227 e. The number of fused-ring (bicyclic) bond motifs is 1. The van der Waals surface area contributed by atoms with Gasteiger partial charge in [0, 0.05) is 37.8 Å². The molecular formula is C24H27N3O6S. The van der Waals surface area contributed by atoms with Crippen molar-refractivity contribution in [3.8, 4) is 17.1 Å². The van der Waals surface area contributed by atoms with Crippen molar-refractivity contribution >= 4 is 10.0 Å². The number of sulfonamides is 1. The molecule has 34 heavy (non-hydrogen) atoms. The lowest BCUT2D eigenvalue weighted by atomic mass is 9.99. The van der Waals surface area contributed by atoms with Crippen LogP contribution in [0, 0.1) is 5.92 Å². The van der Waals surface area contributed by atoms with E-state index in [9.17, 15) is 13.2 Å². The fraction of sp³-hybridized carbons (Fsp3) is 0.417. The van der Waals surface area contributed by atoms with Crippen LogP contribution in [0.1, 0.15) is 29.7 Å². The Morgan fingerprint density at radius 1 is 1.12 bits per heavy atom. The van der Waals surface area contributed by atoms with Crippen LogP contribution in [0.25, 0.3) is 11.3 Å². The molecule has 0 saturated carbocycles. The summed E-state index contributed by atoms with van der Waals surface area (Å²) in [7, 11) is -3.15. The zero-order valence-corrected chi connectivity index (χ0v) is 19.8. The minimum absolute atomic E-state index is 0.190. The number of oxazole rings is 1. The summed E-state index contributed by atoms with van der Waals surface area (Å²) in [6, 6.07) is 7.73. The molecule has 10 heteroatoms. The summed E-state index contributed by atoms with van der Waals surface area (Å²) in [5.41, 5.74) is 3.25. The van der Waals surface area contributed by atoms with E-state index in [1.165, 1.54) is 40.4 Å². The lowest BCUT2D eigenvalue weighted by molar-refractivity contribution is 0.180. The number of rotatable bonds is 7. The molecule has 1 saturated heterocycles. The lowest BCUT2D eigenvalue weighted by Crippen LogP contribution is -2.39. The van der Waals surface area contributed by atoms with Crippen molar-refractivity contribution in [1.29, 1.82) is 0 Å². The van der Waals surface area contributed by atoms with E-state index in [0.717, 1.165) is 24.4 Å². The van der Waals surface area contributed by atoms with E-state index in [1.807, 2.05) is 6.07 Å². The zero-order chi connectivity index (χ0) is 23.7. The van der Waals surface area contributed by atoms with Crippen LogP contribution >= 0.6 is 0 Å². The molecule has 4 heterocycles. The van der Waals surface area contributed by atoms with E-state index >= 15 is 0 Å². The maximum atomic E-state index is 12.6. The molecule has 2 aliphatic heterocycles. The predicted molar refractivity (Wildman–Crippen MR) is 125 cm³/mol. The fourth-order valence-corrected chi connectivity index (χ4v) is 5.42. The van der Waals surface area contributed by atoms with Crippen molar-refractivity contribution in [3.05, 3.63) is 70.2 Å². The maximum Gasteiger partial charge on any atom is 0.227 e. The SMILES string of the molecule is CS(=O)(=O)N1CCC(COc2coc(CN3Cc4ccc(-c5cnco5)cc4C3)cc2=O)CC1. The molecule has 0 spiro atoms. The molecule has 0 aliphatic carbocycles. The molecule has 1 aromatic carbocycles. The van der Waals surface area contributed by atoms with Crippen molar-refractivity contribution in [3.63, 3.8) is 0 Å². The Kier molecular flexibility index (Phi) is 6.28. The van der Waals surface area contributed by atoms with Gasteiger partial charge < -0.3 is 13.6 Å². The van der Waals surface area contributed by atoms with Gasteiger partial charge in [-0.1, -0.05) is 12.1 Å². The van der Waals surface area contributed by atoms with Crippen LogP contribution in [0.2, 0.25) is 0 Å². The summed E-state index contributed by atoms with van der Waals surface area (Å²) < 4.78 is 41.6. The standard InChI is InChI=1S/C24H27N3O6S/c1-34(29,30)27-6-4-17(5-7-27)14-32-24-15-31-21(9-22(24)28)13-26-11-19-3-2-18(8-20(19)12-26)23-10-25-16-33-23/h2-3,8-10,15-17H,4-7,11-14H2,1H3. The highest BCUT2D eigenvalue weighted by Gasteiger charge is 2.26. The van der Waals surface area contributed by atoms with Gasteiger partial charge in [0.1, 0.15) is 12.0 Å². The quantitative estimate of drug-likeness (QED) is 0.503. The lowest BCUT2D eigenvalue weighted by Gasteiger charge is -2.29. The Hall–Kier alpha value is -2.95. The van der Waals surface area contributed by atoms with Crippen LogP contribution in [-0.4, -0.2) is 48.6 Å². The zero-order valence-electron chi connectivity index (χ0n) is 19.0.